The Morgan fingerprint density at radius 2 is 1.72 bits per heavy atom. The highest BCUT2D eigenvalue weighted by atomic mass is 35.5. The van der Waals surface area contributed by atoms with Crippen LogP contribution >= 0.6 is 23.2 Å². The van der Waals surface area contributed by atoms with E-state index in [4.69, 9.17) is 23.2 Å². The minimum absolute atomic E-state index is 0.231. The molecule has 0 aliphatic carbocycles. The first-order chi connectivity index (χ1) is 8.54. The summed E-state index contributed by atoms with van der Waals surface area (Å²) in [4.78, 5) is 12.0. The van der Waals surface area contributed by atoms with E-state index < -0.39 is 0 Å². The van der Waals surface area contributed by atoms with Crippen LogP contribution in [-0.4, -0.2) is 5.91 Å². The molecule has 0 heterocycles. The molecule has 0 aliphatic heterocycles. The summed E-state index contributed by atoms with van der Waals surface area (Å²) in [7, 11) is 0. The topological polar surface area (TPSA) is 29.1 Å². The van der Waals surface area contributed by atoms with Crippen molar-refractivity contribution in [1.82, 2.24) is 0 Å². The summed E-state index contributed by atoms with van der Waals surface area (Å²) in [6, 6.07) is 12.3. The van der Waals surface area contributed by atoms with Crippen molar-refractivity contribution < 1.29 is 4.79 Å². The van der Waals surface area contributed by atoms with Gasteiger partial charge in [0.15, 0.2) is 0 Å². The molecule has 0 saturated carbocycles. The summed E-state index contributed by atoms with van der Waals surface area (Å²) in [6.07, 6.45) is 0. The standard InChI is InChI=1S/C14H11Cl2NO/c1-9-3-2-4-13(5-9)17-14(18)10-6-11(15)8-12(16)7-10/h2-8H,1H3,(H,17,18). The maximum absolute atomic E-state index is 12.0. The van der Waals surface area contributed by atoms with Crippen molar-refractivity contribution in [3.05, 3.63) is 63.6 Å². The number of carbonyl (C=O) groups excluding carboxylic acids is 1. The molecule has 4 heteroatoms. The molecule has 0 fully saturated rings. The third kappa shape index (κ3) is 3.25. The number of halogens is 2. The number of benzene rings is 2. The Labute approximate surface area is 116 Å². The summed E-state index contributed by atoms with van der Waals surface area (Å²) in [5.74, 6) is -0.231. The molecule has 2 nitrogen and oxygen atoms in total. The highest BCUT2D eigenvalue weighted by Gasteiger charge is 2.08. The molecule has 2 aromatic rings. The van der Waals surface area contributed by atoms with Crippen LogP contribution in [0.4, 0.5) is 5.69 Å². The van der Waals surface area contributed by atoms with Gasteiger partial charge in [0.2, 0.25) is 0 Å². The molecular weight excluding hydrogens is 269 g/mol. The van der Waals surface area contributed by atoms with Crippen molar-refractivity contribution >= 4 is 34.8 Å². The number of anilines is 1. The minimum Gasteiger partial charge on any atom is -0.322 e. The lowest BCUT2D eigenvalue weighted by Gasteiger charge is -2.06. The summed E-state index contributed by atoms with van der Waals surface area (Å²) in [5, 5.41) is 3.68. The number of amides is 1. The van der Waals surface area contributed by atoms with Gasteiger partial charge in [0.05, 0.1) is 0 Å². The monoisotopic (exact) mass is 279 g/mol. The summed E-state index contributed by atoms with van der Waals surface area (Å²) >= 11 is 11.7. The molecule has 0 bridgehead atoms. The Kier molecular flexibility index (Phi) is 3.90. The lowest BCUT2D eigenvalue weighted by molar-refractivity contribution is 0.102. The van der Waals surface area contributed by atoms with Crippen molar-refractivity contribution in [2.45, 2.75) is 6.92 Å². The number of hydrogen-bond acceptors (Lipinski definition) is 1. The normalized spacial score (nSPS) is 10.2. The quantitative estimate of drug-likeness (QED) is 0.858. The van der Waals surface area contributed by atoms with Crippen LogP contribution in [0.2, 0.25) is 10.0 Å². The van der Waals surface area contributed by atoms with Crippen LogP contribution in [0, 0.1) is 6.92 Å². The molecule has 2 rings (SSSR count). The van der Waals surface area contributed by atoms with Crippen molar-refractivity contribution in [2.24, 2.45) is 0 Å². The smallest absolute Gasteiger partial charge is 0.255 e. The Balaban J connectivity index is 2.22. The van der Waals surface area contributed by atoms with Crippen LogP contribution in [0.25, 0.3) is 0 Å². The Bertz CT molecular complexity index is 576. The fraction of sp³-hybridized carbons (Fsp3) is 0.0714. The maximum atomic E-state index is 12.0. The van der Waals surface area contributed by atoms with Crippen molar-refractivity contribution in [3.8, 4) is 0 Å². The molecule has 0 aliphatic rings. The van der Waals surface area contributed by atoms with Gasteiger partial charge >= 0.3 is 0 Å². The number of hydrogen-bond donors (Lipinski definition) is 1. The molecule has 0 atom stereocenters. The fourth-order valence-corrected chi connectivity index (χ4v) is 2.14. The molecular formula is C14H11Cl2NO. The molecule has 0 aromatic heterocycles. The van der Waals surface area contributed by atoms with E-state index in [9.17, 15) is 4.79 Å². The van der Waals surface area contributed by atoms with Gasteiger partial charge in [-0.3, -0.25) is 4.79 Å². The molecule has 92 valence electrons. The van der Waals surface area contributed by atoms with E-state index in [1.165, 1.54) is 0 Å². The predicted octanol–water partition coefficient (Wildman–Crippen LogP) is 4.55. The van der Waals surface area contributed by atoms with Crippen molar-refractivity contribution in [3.63, 3.8) is 0 Å². The van der Waals surface area contributed by atoms with E-state index in [1.54, 1.807) is 18.2 Å². The van der Waals surface area contributed by atoms with Crippen LogP contribution in [0.5, 0.6) is 0 Å². The van der Waals surface area contributed by atoms with Crippen LogP contribution in [0.3, 0.4) is 0 Å². The lowest BCUT2D eigenvalue weighted by atomic mass is 10.2. The van der Waals surface area contributed by atoms with Gasteiger partial charge in [-0.2, -0.15) is 0 Å². The Morgan fingerprint density at radius 3 is 2.33 bits per heavy atom. The Hall–Kier alpha value is -1.51. The Morgan fingerprint density at radius 1 is 1.06 bits per heavy atom. The van der Waals surface area contributed by atoms with Gasteiger partial charge in [0, 0.05) is 21.3 Å². The van der Waals surface area contributed by atoms with Gasteiger partial charge in [-0.25, -0.2) is 0 Å². The molecule has 1 amide bonds. The first-order valence-electron chi connectivity index (χ1n) is 5.39. The fourth-order valence-electron chi connectivity index (χ4n) is 1.61. The second kappa shape index (κ2) is 5.42. The highest BCUT2D eigenvalue weighted by molar-refractivity contribution is 6.35. The number of aryl methyl sites for hydroxylation is 1. The summed E-state index contributed by atoms with van der Waals surface area (Å²) < 4.78 is 0. The maximum Gasteiger partial charge on any atom is 0.255 e. The SMILES string of the molecule is Cc1cccc(NC(=O)c2cc(Cl)cc(Cl)c2)c1. The molecule has 1 N–H and O–H groups in total. The average Bonchev–Trinajstić information content (AvgIpc) is 2.27. The molecule has 18 heavy (non-hydrogen) atoms. The van der Waals surface area contributed by atoms with Crippen LogP contribution in [0.1, 0.15) is 15.9 Å². The van der Waals surface area contributed by atoms with Crippen LogP contribution in [-0.2, 0) is 0 Å². The zero-order chi connectivity index (χ0) is 13.1. The molecule has 0 radical (unpaired) electrons. The van der Waals surface area contributed by atoms with Gasteiger partial charge in [-0.05, 0) is 42.8 Å². The third-order valence-electron chi connectivity index (χ3n) is 2.40. The van der Waals surface area contributed by atoms with Gasteiger partial charge in [-0.1, -0.05) is 35.3 Å². The van der Waals surface area contributed by atoms with Crippen LogP contribution in [0.15, 0.2) is 42.5 Å². The van der Waals surface area contributed by atoms with E-state index in [0.717, 1.165) is 11.3 Å². The number of nitrogens with one attached hydrogen (secondary N) is 1. The third-order valence-corrected chi connectivity index (χ3v) is 2.84. The van der Waals surface area contributed by atoms with Gasteiger partial charge in [0.1, 0.15) is 0 Å². The predicted molar refractivity (Wildman–Crippen MR) is 75.6 cm³/mol. The van der Waals surface area contributed by atoms with E-state index >= 15 is 0 Å². The first kappa shape index (κ1) is 12.9. The van der Waals surface area contributed by atoms with Gasteiger partial charge < -0.3 is 5.32 Å². The van der Waals surface area contributed by atoms with E-state index in [2.05, 4.69) is 5.32 Å². The molecule has 0 spiro atoms. The van der Waals surface area contributed by atoms with Gasteiger partial charge in [-0.15, -0.1) is 0 Å². The van der Waals surface area contributed by atoms with Crippen molar-refractivity contribution in [2.75, 3.05) is 5.32 Å². The zero-order valence-corrected chi connectivity index (χ0v) is 11.2. The average molecular weight is 280 g/mol. The minimum atomic E-state index is -0.231. The highest BCUT2D eigenvalue weighted by Crippen LogP contribution is 2.20. The lowest BCUT2D eigenvalue weighted by Crippen LogP contribution is -2.11. The second-order valence-electron chi connectivity index (χ2n) is 3.98. The summed E-state index contributed by atoms with van der Waals surface area (Å²) in [6.45, 7) is 1.96. The summed E-state index contributed by atoms with van der Waals surface area (Å²) in [5.41, 5.74) is 2.27. The number of carbonyl (C=O) groups is 1. The van der Waals surface area contributed by atoms with E-state index in [-0.39, 0.29) is 5.91 Å². The molecule has 0 unspecified atom stereocenters. The second-order valence-corrected chi connectivity index (χ2v) is 4.85. The zero-order valence-electron chi connectivity index (χ0n) is 9.71. The largest absolute Gasteiger partial charge is 0.322 e. The first-order valence-corrected chi connectivity index (χ1v) is 6.14. The number of rotatable bonds is 2. The van der Waals surface area contributed by atoms with E-state index in [0.29, 0.717) is 15.6 Å². The van der Waals surface area contributed by atoms with Crippen molar-refractivity contribution in [1.29, 1.82) is 0 Å². The van der Waals surface area contributed by atoms with E-state index in [1.807, 2.05) is 31.2 Å². The molecule has 2 aromatic carbocycles. The molecule has 0 saturated heterocycles. The van der Waals surface area contributed by atoms with Crippen LogP contribution < -0.4 is 5.32 Å². The van der Waals surface area contributed by atoms with Gasteiger partial charge in [0.25, 0.3) is 5.91 Å².